The number of para-hydroxylation sites is 1. The van der Waals surface area contributed by atoms with Crippen LogP contribution in [0.2, 0.25) is 0 Å². The third-order valence-corrected chi connectivity index (χ3v) is 6.27. The first kappa shape index (κ1) is 20.5. The zero-order chi connectivity index (χ0) is 19.2. The first-order valence-electron chi connectivity index (χ1n) is 10.2. The van der Waals surface area contributed by atoms with Gasteiger partial charge < -0.3 is 20.4 Å². The lowest BCUT2D eigenvalue weighted by Gasteiger charge is -2.50. The third-order valence-electron chi connectivity index (χ3n) is 6.02. The van der Waals surface area contributed by atoms with Crippen molar-refractivity contribution in [3.63, 3.8) is 0 Å². The van der Waals surface area contributed by atoms with E-state index in [1.807, 2.05) is 30.3 Å². The van der Waals surface area contributed by atoms with E-state index >= 15 is 0 Å². The van der Waals surface area contributed by atoms with Crippen LogP contribution in [0.25, 0.3) is 0 Å². The van der Waals surface area contributed by atoms with Gasteiger partial charge >= 0.3 is 0 Å². The van der Waals surface area contributed by atoms with Crippen molar-refractivity contribution in [2.24, 2.45) is 11.8 Å². The lowest BCUT2D eigenvalue weighted by atomic mass is 9.75. The fourth-order valence-corrected chi connectivity index (χ4v) is 4.64. The maximum Gasteiger partial charge on any atom is 0.170 e. The van der Waals surface area contributed by atoms with Crippen LogP contribution in [0.15, 0.2) is 30.3 Å². The Balaban J connectivity index is 1.41. The fraction of sp³-hybridized carbons (Fsp3) is 0.667. The van der Waals surface area contributed by atoms with Crippen LogP contribution in [0.1, 0.15) is 12.8 Å². The van der Waals surface area contributed by atoms with Crippen molar-refractivity contribution in [3.05, 3.63) is 30.3 Å². The molecule has 3 aliphatic rings. The summed E-state index contributed by atoms with van der Waals surface area (Å²) in [6.45, 7) is 6.94. The molecule has 4 rings (SSSR count). The van der Waals surface area contributed by atoms with E-state index in [-0.39, 0.29) is 0 Å². The average Bonchev–Trinajstić information content (AvgIpc) is 2.66. The van der Waals surface area contributed by atoms with E-state index in [1.165, 1.54) is 32.5 Å². The summed E-state index contributed by atoms with van der Waals surface area (Å²) in [5, 5.41) is 7.44. The molecule has 2 N–H and O–H groups in total. The molecule has 0 radical (unpaired) electrons. The maximum absolute atomic E-state index is 5.47. The summed E-state index contributed by atoms with van der Waals surface area (Å²) in [5.74, 6) is 1.68. The van der Waals surface area contributed by atoms with Gasteiger partial charge in [0, 0.05) is 44.5 Å². The number of fused-ring (bicyclic) bond motifs is 3. The molecule has 3 fully saturated rings. The van der Waals surface area contributed by atoms with E-state index in [9.17, 15) is 0 Å². The Hall–Kier alpha value is -1.21. The fourth-order valence-electron chi connectivity index (χ4n) is 4.44. The highest BCUT2D eigenvalue weighted by Crippen LogP contribution is 2.36. The highest BCUT2D eigenvalue weighted by Gasteiger charge is 2.40. The molecule has 2 bridgehead atoms. The van der Waals surface area contributed by atoms with E-state index < -0.39 is 0 Å². The van der Waals surface area contributed by atoms with Crippen LogP contribution in [0.3, 0.4) is 0 Å². The lowest BCUT2D eigenvalue weighted by Crippen LogP contribution is -2.58. The molecule has 3 aliphatic heterocycles. The number of benzene rings is 1. The van der Waals surface area contributed by atoms with Crippen molar-refractivity contribution in [1.29, 1.82) is 0 Å². The minimum atomic E-state index is 0.614. The molecule has 27 heavy (non-hydrogen) atoms. The van der Waals surface area contributed by atoms with Gasteiger partial charge in [-0.3, -0.25) is 4.90 Å². The van der Waals surface area contributed by atoms with Gasteiger partial charge in [-0.05, 0) is 76.7 Å². The van der Waals surface area contributed by atoms with Gasteiger partial charge in [0.15, 0.2) is 5.11 Å². The number of rotatable bonds is 8. The van der Waals surface area contributed by atoms with Gasteiger partial charge in [0.25, 0.3) is 0 Å². The zero-order valence-corrected chi connectivity index (χ0v) is 17.8. The molecule has 5 nitrogen and oxygen atoms in total. The maximum atomic E-state index is 5.47. The molecule has 4 unspecified atom stereocenters. The lowest BCUT2D eigenvalue weighted by molar-refractivity contribution is -0.00805. The second-order valence-corrected chi connectivity index (χ2v) is 8.87. The van der Waals surface area contributed by atoms with Crippen molar-refractivity contribution in [2.45, 2.75) is 18.9 Å². The number of hydrogen-bond acceptors (Lipinski definition) is 4. The summed E-state index contributed by atoms with van der Waals surface area (Å²) in [4.78, 5) is 7.46. The van der Waals surface area contributed by atoms with Crippen LogP contribution >= 0.6 is 12.2 Å². The highest BCUT2D eigenvalue weighted by atomic mass is 32.1. The predicted octanol–water partition coefficient (Wildman–Crippen LogP) is 2.18. The number of nitrogens with one attached hydrogen (secondary N) is 2. The Labute approximate surface area is 170 Å². The second-order valence-electron chi connectivity index (χ2n) is 8.46. The van der Waals surface area contributed by atoms with Crippen LogP contribution in [-0.2, 0) is 0 Å². The Morgan fingerprint density at radius 3 is 2.63 bits per heavy atom. The van der Waals surface area contributed by atoms with Crippen molar-refractivity contribution in [2.75, 3.05) is 65.7 Å². The van der Waals surface area contributed by atoms with Gasteiger partial charge in [0.05, 0.1) is 0 Å². The number of likely N-dealkylation sites (N-methyl/N-ethyl adjacent to an activating group) is 2. The minimum absolute atomic E-state index is 0.614. The Bertz CT molecular complexity index is 593. The van der Waals surface area contributed by atoms with E-state index in [4.69, 9.17) is 12.2 Å². The van der Waals surface area contributed by atoms with E-state index in [0.29, 0.717) is 6.04 Å². The number of nitrogens with zero attached hydrogens (tertiary/aromatic N) is 3. The molecule has 0 spiro atoms. The topological polar surface area (TPSA) is 33.8 Å². The molecule has 150 valence electrons. The molecular weight excluding hydrogens is 354 g/mol. The number of anilines is 1. The standard InChI is InChI=1S/C21H35N5S/c1-24(2)11-12-25(3)15-18-16-26-10-9-17(18)13-20(26)14-22-21(27)23-19-7-5-4-6-8-19/h4-8,17-18,20H,9-16H2,1-3H3,(H2,22,23,27). The molecule has 0 aromatic heterocycles. The SMILES string of the molecule is CN(C)CCN(C)CC1CN2CCC1CC2CNC(=S)Nc1ccccc1. The molecule has 4 atom stereocenters. The molecule has 0 saturated carbocycles. The third kappa shape index (κ3) is 6.14. The summed E-state index contributed by atoms with van der Waals surface area (Å²) >= 11 is 5.47. The first-order chi connectivity index (χ1) is 13.0. The van der Waals surface area contributed by atoms with Crippen molar-refractivity contribution < 1.29 is 0 Å². The predicted molar refractivity (Wildman–Crippen MR) is 118 cm³/mol. The highest BCUT2D eigenvalue weighted by molar-refractivity contribution is 7.80. The monoisotopic (exact) mass is 389 g/mol. The largest absolute Gasteiger partial charge is 0.361 e. The van der Waals surface area contributed by atoms with E-state index in [2.05, 4.69) is 46.5 Å². The Kier molecular flexibility index (Phi) is 7.47. The van der Waals surface area contributed by atoms with Gasteiger partial charge in [0.2, 0.25) is 0 Å². The van der Waals surface area contributed by atoms with Gasteiger partial charge in [-0.2, -0.15) is 0 Å². The molecule has 1 aromatic carbocycles. The summed E-state index contributed by atoms with van der Waals surface area (Å²) in [7, 11) is 6.57. The van der Waals surface area contributed by atoms with Crippen molar-refractivity contribution in [1.82, 2.24) is 20.0 Å². The van der Waals surface area contributed by atoms with Crippen LogP contribution in [0.4, 0.5) is 5.69 Å². The van der Waals surface area contributed by atoms with Crippen LogP contribution in [-0.4, -0.2) is 86.3 Å². The summed E-state index contributed by atoms with van der Waals surface area (Å²) in [6.07, 6.45) is 2.66. The molecule has 1 aromatic rings. The van der Waals surface area contributed by atoms with Crippen molar-refractivity contribution >= 4 is 23.0 Å². The quantitative estimate of drug-likeness (QED) is 0.664. The summed E-state index contributed by atoms with van der Waals surface area (Å²) in [5.41, 5.74) is 1.04. The Morgan fingerprint density at radius 2 is 1.96 bits per heavy atom. The van der Waals surface area contributed by atoms with Gasteiger partial charge in [-0.1, -0.05) is 18.2 Å². The van der Waals surface area contributed by atoms with Crippen LogP contribution in [0, 0.1) is 11.8 Å². The van der Waals surface area contributed by atoms with Crippen LogP contribution < -0.4 is 10.6 Å². The molecule has 0 aliphatic carbocycles. The number of piperidine rings is 3. The second kappa shape index (κ2) is 9.82. The first-order valence-corrected chi connectivity index (χ1v) is 10.6. The summed E-state index contributed by atoms with van der Waals surface area (Å²) in [6, 6.07) is 10.7. The molecule has 3 saturated heterocycles. The van der Waals surface area contributed by atoms with Gasteiger partial charge in [0.1, 0.15) is 0 Å². The zero-order valence-electron chi connectivity index (χ0n) is 17.0. The number of hydrogen-bond donors (Lipinski definition) is 2. The van der Waals surface area contributed by atoms with E-state index in [1.54, 1.807) is 0 Å². The van der Waals surface area contributed by atoms with Gasteiger partial charge in [-0.25, -0.2) is 0 Å². The molecule has 6 heteroatoms. The normalized spacial score (nSPS) is 27.1. The smallest absolute Gasteiger partial charge is 0.170 e. The van der Waals surface area contributed by atoms with Crippen molar-refractivity contribution in [3.8, 4) is 0 Å². The van der Waals surface area contributed by atoms with E-state index in [0.717, 1.165) is 42.3 Å². The minimum Gasteiger partial charge on any atom is -0.361 e. The van der Waals surface area contributed by atoms with Crippen LogP contribution in [0.5, 0.6) is 0 Å². The Morgan fingerprint density at radius 1 is 1.19 bits per heavy atom. The summed E-state index contributed by atoms with van der Waals surface area (Å²) < 4.78 is 0. The number of thiocarbonyl (C=S) groups is 1. The molecular formula is C21H35N5S. The average molecular weight is 390 g/mol. The van der Waals surface area contributed by atoms with Gasteiger partial charge in [-0.15, -0.1) is 0 Å². The molecule has 3 heterocycles. The molecule has 0 amide bonds.